The lowest BCUT2D eigenvalue weighted by atomic mass is 10.3. The molecular formula is C7H10N2O2S. The van der Waals surface area contributed by atoms with E-state index in [-0.39, 0.29) is 4.90 Å². The summed E-state index contributed by atoms with van der Waals surface area (Å²) in [6, 6.07) is 2.89. The Hall–Kier alpha value is -0.940. The fourth-order valence-corrected chi connectivity index (χ4v) is 1.63. The van der Waals surface area contributed by atoms with E-state index in [2.05, 4.69) is 4.98 Å². The molecule has 0 aliphatic heterocycles. The maximum absolute atomic E-state index is 10.9. The number of pyridine rings is 1. The molecule has 1 rings (SSSR count). The van der Waals surface area contributed by atoms with Crippen LogP contribution in [0.3, 0.4) is 0 Å². The lowest BCUT2D eigenvalue weighted by Gasteiger charge is -2.00. The van der Waals surface area contributed by atoms with E-state index in [1.54, 1.807) is 13.8 Å². The predicted molar refractivity (Wildman–Crippen MR) is 45.1 cm³/mol. The Kier molecular flexibility index (Phi) is 2.16. The fourth-order valence-electron chi connectivity index (χ4n) is 0.960. The number of sulfonamides is 1. The number of aryl methyl sites for hydroxylation is 2. The third-order valence-electron chi connectivity index (χ3n) is 1.38. The average Bonchev–Trinajstić information content (AvgIpc) is 1.82. The highest BCUT2D eigenvalue weighted by Crippen LogP contribution is 2.08. The van der Waals surface area contributed by atoms with Gasteiger partial charge in [-0.3, -0.25) is 4.98 Å². The zero-order valence-electron chi connectivity index (χ0n) is 6.90. The number of nitrogens with two attached hydrogens (primary N) is 1. The van der Waals surface area contributed by atoms with Crippen molar-refractivity contribution < 1.29 is 8.42 Å². The summed E-state index contributed by atoms with van der Waals surface area (Å²) in [4.78, 5) is 4.15. The van der Waals surface area contributed by atoms with Crippen LogP contribution >= 0.6 is 0 Å². The zero-order chi connectivity index (χ0) is 9.35. The molecule has 12 heavy (non-hydrogen) atoms. The minimum Gasteiger partial charge on any atom is -0.258 e. The molecule has 5 heteroatoms. The summed E-state index contributed by atoms with van der Waals surface area (Å²) in [6.07, 6.45) is 0. The van der Waals surface area contributed by atoms with Crippen LogP contribution in [0.2, 0.25) is 0 Å². The molecule has 0 saturated carbocycles. The average molecular weight is 186 g/mol. The molecule has 0 bridgehead atoms. The van der Waals surface area contributed by atoms with Gasteiger partial charge in [0.15, 0.2) is 0 Å². The van der Waals surface area contributed by atoms with Crippen molar-refractivity contribution in [1.29, 1.82) is 0 Å². The summed E-state index contributed by atoms with van der Waals surface area (Å²) in [5.41, 5.74) is 1.30. The van der Waals surface area contributed by atoms with Crippen molar-refractivity contribution >= 4 is 10.0 Å². The molecule has 0 atom stereocenters. The Balaban J connectivity index is 3.37. The highest BCUT2D eigenvalue weighted by molar-refractivity contribution is 7.89. The molecule has 0 amide bonds. The van der Waals surface area contributed by atoms with E-state index in [0.717, 1.165) is 0 Å². The zero-order valence-corrected chi connectivity index (χ0v) is 7.72. The van der Waals surface area contributed by atoms with Gasteiger partial charge in [-0.2, -0.15) is 0 Å². The van der Waals surface area contributed by atoms with Gasteiger partial charge >= 0.3 is 0 Å². The van der Waals surface area contributed by atoms with Crippen LogP contribution in [-0.4, -0.2) is 13.4 Å². The maximum Gasteiger partial charge on any atom is 0.238 e. The topological polar surface area (TPSA) is 73.1 Å². The molecule has 0 aliphatic carbocycles. The van der Waals surface area contributed by atoms with Crippen molar-refractivity contribution in [3.63, 3.8) is 0 Å². The third kappa shape index (κ3) is 2.02. The van der Waals surface area contributed by atoms with E-state index in [1.807, 2.05) is 0 Å². The number of nitrogens with zero attached hydrogens (tertiary/aromatic N) is 1. The van der Waals surface area contributed by atoms with Crippen LogP contribution in [0.25, 0.3) is 0 Å². The molecule has 0 aromatic carbocycles. The maximum atomic E-state index is 10.9. The van der Waals surface area contributed by atoms with E-state index >= 15 is 0 Å². The quantitative estimate of drug-likeness (QED) is 0.687. The van der Waals surface area contributed by atoms with Crippen molar-refractivity contribution in [3.05, 3.63) is 23.5 Å². The Morgan fingerprint density at radius 2 is 1.67 bits per heavy atom. The Labute approximate surface area is 71.5 Å². The van der Waals surface area contributed by atoms with Gasteiger partial charge in [-0.15, -0.1) is 0 Å². The summed E-state index contributed by atoms with van der Waals surface area (Å²) in [7, 11) is -3.59. The fraction of sp³-hybridized carbons (Fsp3) is 0.286. The molecule has 1 aromatic rings. The standard InChI is InChI=1S/C7H10N2O2S/c1-5-3-7(12(8,10)11)4-6(2)9-5/h3-4H,1-2H3,(H2,8,10,11). The third-order valence-corrected chi connectivity index (χ3v) is 2.28. The Bertz CT molecular complexity index is 378. The SMILES string of the molecule is Cc1cc(S(N)(=O)=O)cc(C)n1. The van der Waals surface area contributed by atoms with Gasteiger partial charge in [-0.25, -0.2) is 13.6 Å². The number of aromatic nitrogens is 1. The van der Waals surface area contributed by atoms with E-state index < -0.39 is 10.0 Å². The van der Waals surface area contributed by atoms with Crippen LogP contribution in [0.4, 0.5) is 0 Å². The number of hydrogen-bond donors (Lipinski definition) is 1. The normalized spacial score (nSPS) is 11.6. The highest BCUT2D eigenvalue weighted by Gasteiger charge is 2.08. The van der Waals surface area contributed by atoms with Gasteiger partial charge in [0.1, 0.15) is 0 Å². The molecular weight excluding hydrogens is 176 g/mol. The molecule has 1 heterocycles. The predicted octanol–water partition coefficient (Wildman–Crippen LogP) is 0.346. The first-order chi connectivity index (χ1) is 5.39. The molecule has 2 N–H and O–H groups in total. The van der Waals surface area contributed by atoms with Gasteiger partial charge in [-0.1, -0.05) is 0 Å². The van der Waals surface area contributed by atoms with Gasteiger partial charge in [0.2, 0.25) is 10.0 Å². The number of hydrogen-bond acceptors (Lipinski definition) is 3. The molecule has 66 valence electrons. The first-order valence-corrected chi connectivity index (χ1v) is 4.92. The van der Waals surface area contributed by atoms with Crippen LogP contribution < -0.4 is 5.14 Å². The smallest absolute Gasteiger partial charge is 0.238 e. The minimum absolute atomic E-state index is 0.118. The van der Waals surface area contributed by atoms with Crippen LogP contribution in [0.15, 0.2) is 17.0 Å². The molecule has 0 aliphatic rings. The van der Waals surface area contributed by atoms with Crippen molar-refractivity contribution in [2.75, 3.05) is 0 Å². The Morgan fingerprint density at radius 3 is 2.00 bits per heavy atom. The first kappa shape index (κ1) is 9.15. The van der Waals surface area contributed by atoms with Crippen LogP contribution in [-0.2, 0) is 10.0 Å². The lowest BCUT2D eigenvalue weighted by Crippen LogP contribution is -2.12. The number of rotatable bonds is 1. The van der Waals surface area contributed by atoms with Gasteiger partial charge in [0.05, 0.1) is 4.90 Å². The molecule has 0 radical (unpaired) electrons. The molecule has 1 aromatic heterocycles. The number of primary sulfonamides is 1. The largest absolute Gasteiger partial charge is 0.258 e. The van der Waals surface area contributed by atoms with Gasteiger partial charge < -0.3 is 0 Å². The van der Waals surface area contributed by atoms with Crippen molar-refractivity contribution in [3.8, 4) is 0 Å². The second-order valence-electron chi connectivity index (χ2n) is 2.63. The second-order valence-corrected chi connectivity index (χ2v) is 4.19. The van der Waals surface area contributed by atoms with Gasteiger partial charge in [0, 0.05) is 11.4 Å². The van der Waals surface area contributed by atoms with Crippen molar-refractivity contribution in [2.24, 2.45) is 5.14 Å². The van der Waals surface area contributed by atoms with Crippen molar-refractivity contribution in [1.82, 2.24) is 4.98 Å². The molecule has 4 nitrogen and oxygen atoms in total. The Morgan fingerprint density at radius 1 is 1.25 bits per heavy atom. The van der Waals surface area contributed by atoms with Crippen molar-refractivity contribution in [2.45, 2.75) is 18.7 Å². The minimum atomic E-state index is -3.59. The summed E-state index contributed by atoms with van der Waals surface area (Å²) in [5.74, 6) is 0. The molecule has 0 saturated heterocycles. The van der Waals surface area contributed by atoms with Crippen LogP contribution in [0, 0.1) is 13.8 Å². The van der Waals surface area contributed by atoms with E-state index in [1.165, 1.54) is 12.1 Å². The monoisotopic (exact) mass is 186 g/mol. The van der Waals surface area contributed by atoms with Crippen LogP contribution in [0.1, 0.15) is 11.4 Å². The van der Waals surface area contributed by atoms with E-state index in [0.29, 0.717) is 11.4 Å². The summed E-state index contributed by atoms with van der Waals surface area (Å²) < 4.78 is 21.8. The van der Waals surface area contributed by atoms with E-state index in [4.69, 9.17) is 5.14 Å². The van der Waals surface area contributed by atoms with E-state index in [9.17, 15) is 8.42 Å². The van der Waals surface area contributed by atoms with Crippen LogP contribution in [0.5, 0.6) is 0 Å². The highest BCUT2D eigenvalue weighted by atomic mass is 32.2. The lowest BCUT2D eigenvalue weighted by molar-refractivity contribution is 0.597. The molecule has 0 fully saturated rings. The summed E-state index contributed by atoms with van der Waals surface area (Å²) in [5, 5.41) is 4.94. The first-order valence-electron chi connectivity index (χ1n) is 3.38. The molecule has 0 spiro atoms. The molecule has 0 unspecified atom stereocenters. The van der Waals surface area contributed by atoms with Gasteiger partial charge in [0.25, 0.3) is 0 Å². The second kappa shape index (κ2) is 2.84. The summed E-state index contributed by atoms with van der Waals surface area (Å²) in [6.45, 7) is 3.45. The van der Waals surface area contributed by atoms with Gasteiger partial charge in [-0.05, 0) is 26.0 Å². The summed E-state index contributed by atoms with van der Waals surface area (Å²) >= 11 is 0.